The van der Waals surface area contributed by atoms with Crippen LogP contribution in [0.25, 0.3) is 0 Å². The van der Waals surface area contributed by atoms with Crippen LogP contribution in [0.15, 0.2) is 12.7 Å². The molecule has 0 aliphatic heterocycles. The Hall–Kier alpha value is -1.12. The molecule has 0 bridgehead atoms. The zero-order chi connectivity index (χ0) is 6.41. The predicted octanol–water partition coefficient (Wildman–Crippen LogP) is 0.365. The lowest BCUT2D eigenvalue weighted by Crippen LogP contribution is -2.01. The molecule has 0 fully saturated rings. The molecule has 0 unspecified atom stereocenters. The van der Waals surface area contributed by atoms with Gasteiger partial charge in [-0.05, 0) is 0 Å². The molecule has 44 valence electrons. The number of hydrogen-bond acceptors (Lipinski definition) is 3. The first-order chi connectivity index (χ1) is 3.81. The Labute approximate surface area is 47.5 Å². The molecular formula is C5H7NO2. The summed E-state index contributed by atoms with van der Waals surface area (Å²) in [7, 11) is 0. The zero-order valence-corrected chi connectivity index (χ0v) is 4.39. The Morgan fingerprint density at radius 3 is 2.88 bits per heavy atom. The van der Waals surface area contributed by atoms with Crippen LogP contribution in [0.4, 0.5) is 0 Å². The summed E-state index contributed by atoms with van der Waals surface area (Å²) in [5.74, 6) is -0.492. The molecule has 0 saturated carbocycles. The molecule has 0 aromatic carbocycles. The Morgan fingerprint density at radius 1 is 1.88 bits per heavy atom. The molecular weight excluding hydrogens is 106 g/mol. The van der Waals surface area contributed by atoms with Gasteiger partial charge < -0.3 is 10.1 Å². The summed E-state index contributed by atoms with van der Waals surface area (Å²) in [6.45, 7) is 3.20. The smallest absolute Gasteiger partial charge is 0.330 e. The lowest BCUT2D eigenvalue weighted by molar-refractivity contribution is -0.135. The first-order valence-electron chi connectivity index (χ1n) is 2.09. The predicted molar refractivity (Wildman–Crippen MR) is 29.9 cm³/mol. The van der Waals surface area contributed by atoms with Crippen molar-refractivity contribution in [2.75, 3.05) is 6.61 Å². The summed E-state index contributed by atoms with van der Waals surface area (Å²) in [6.07, 6.45) is 2.06. The van der Waals surface area contributed by atoms with Crippen LogP contribution in [0.5, 0.6) is 0 Å². The van der Waals surface area contributed by atoms with Crippen molar-refractivity contribution < 1.29 is 9.53 Å². The second-order valence-electron chi connectivity index (χ2n) is 1.04. The summed E-state index contributed by atoms with van der Waals surface area (Å²) in [5, 5.41) is 6.43. The molecule has 0 rings (SSSR count). The number of nitrogens with one attached hydrogen (secondary N) is 1. The number of rotatable bonds is 3. The van der Waals surface area contributed by atoms with Crippen LogP contribution in [0.3, 0.4) is 0 Å². The lowest BCUT2D eigenvalue weighted by atomic mass is 10.6. The van der Waals surface area contributed by atoms with Crippen LogP contribution in [0.1, 0.15) is 0 Å². The zero-order valence-electron chi connectivity index (χ0n) is 4.39. The molecule has 0 heterocycles. The minimum Gasteiger partial charge on any atom is -0.457 e. The van der Waals surface area contributed by atoms with Crippen LogP contribution in [-0.4, -0.2) is 18.8 Å². The van der Waals surface area contributed by atoms with E-state index in [1.165, 1.54) is 0 Å². The van der Waals surface area contributed by atoms with Crippen LogP contribution in [-0.2, 0) is 9.53 Å². The van der Waals surface area contributed by atoms with Crippen molar-refractivity contribution in [2.24, 2.45) is 0 Å². The third-order valence-electron chi connectivity index (χ3n) is 0.476. The maximum Gasteiger partial charge on any atom is 0.330 e. The quantitative estimate of drug-likeness (QED) is 0.326. The molecule has 0 amide bonds. The van der Waals surface area contributed by atoms with E-state index in [0.29, 0.717) is 0 Å². The average Bonchev–Trinajstić information content (AvgIpc) is 1.83. The van der Waals surface area contributed by atoms with Crippen LogP contribution in [0, 0.1) is 5.41 Å². The minimum absolute atomic E-state index is 0.0326. The second kappa shape index (κ2) is 4.05. The van der Waals surface area contributed by atoms with Crippen molar-refractivity contribution in [1.29, 1.82) is 5.41 Å². The standard InChI is InChI=1S/C5H7NO2/c1-2-5(7)8-4-3-6/h2-3,6H,1,4H2. The van der Waals surface area contributed by atoms with Crippen LogP contribution >= 0.6 is 0 Å². The molecule has 0 saturated heterocycles. The van der Waals surface area contributed by atoms with E-state index in [2.05, 4.69) is 11.3 Å². The van der Waals surface area contributed by atoms with E-state index in [9.17, 15) is 4.79 Å². The first kappa shape index (κ1) is 6.88. The van der Waals surface area contributed by atoms with Crippen molar-refractivity contribution >= 4 is 12.2 Å². The maximum absolute atomic E-state index is 10.1. The summed E-state index contributed by atoms with van der Waals surface area (Å²) in [4.78, 5) is 10.1. The van der Waals surface area contributed by atoms with Gasteiger partial charge in [0.2, 0.25) is 0 Å². The van der Waals surface area contributed by atoms with E-state index in [0.717, 1.165) is 12.3 Å². The van der Waals surface area contributed by atoms with Crippen molar-refractivity contribution in [3.8, 4) is 0 Å². The van der Waals surface area contributed by atoms with Gasteiger partial charge in [-0.2, -0.15) is 0 Å². The van der Waals surface area contributed by atoms with Gasteiger partial charge in [0.25, 0.3) is 0 Å². The van der Waals surface area contributed by atoms with E-state index in [-0.39, 0.29) is 6.61 Å². The van der Waals surface area contributed by atoms with Gasteiger partial charge in [-0.3, -0.25) is 0 Å². The normalized spacial score (nSPS) is 7.50. The number of esters is 1. The molecule has 0 aromatic heterocycles. The lowest BCUT2D eigenvalue weighted by Gasteiger charge is -1.91. The Morgan fingerprint density at radius 2 is 2.50 bits per heavy atom. The summed E-state index contributed by atoms with van der Waals surface area (Å²) >= 11 is 0. The van der Waals surface area contributed by atoms with Gasteiger partial charge in [-0.15, -0.1) is 0 Å². The molecule has 0 aliphatic rings. The van der Waals surface area contributed by atoms with Crippen LogP contribution < -0.4 is 0 Å². The number of carbonyl (C=O) groups is 1. The van der Waals surface area contributed by atoms with E-state index < -0.39 is 5.97 Å². The highest BCUT2D eigenvalue weighted by Crippen LogP contribution is 1.73. The fourth-order valence-electron chi connectivity index (χ4n) is 0.183. The maximum atomic E-state index is 10.1. The first-order valence-corrected chi connectivity index (χ1v) is 2.09. The van der Waals surface area contributed by atoms with Crippen molar-refractivity contribution in [2.45, 2.75) is 0 Å². The van der Waals surface area contributed by atoms with E-state index in [1.807, 2.05) is 0 Å². The van der Waals surface area contributed by atoms with Crippen molar-refractivity contribution in [1.82, 2.24) is 0 Å². The number of carbonyl (C=O) groups excluding carboxylic acids is 1. The highest BCUT2D eigenvalue weighted by molar-refractivity contribution is 5.82. The molecule has 8 heavy (non-hydrogen) atoms. The molecule has 0 aliphatic carbocycles. The molecule has 0 radical (unpaired) electrons. The Balaban J connectivity index is 3.24. The van der Waals surface area contributed by atoms with Gasteiger partial charge in [0.05, 0.1) is 0 Å². The van der Waals surface area contributed by atoms with E-state index in [1.54, 1.807) is 0 Å². The monoisotopic (exact) mass is 113 g/mol. The third-order valence-corrected chi connectivity index (χ3v) is 0.476. The molecule has 0 spiro atoms. The number of ether oxygens (including phenoxy) is 1. The molecule has 0 aromatic rings. The van der Waals surface area contributed by atoms with Gasteiger partial charge in [-0.25, -0.2) is 4.79 Å². The Bertz CT molecular complexity index is 109. The fourth-order valence-corrected chi connectivity index (χ4v) is 0.183. The van der Waals surface area contributed by atoms with E-state index >= 15 is 0 Å². The largest absolute Gasteiger partial charge is 0.457 e. The van der Waals surface area contributed by atoms with Gasteiger partial charge in [0.15, 0.2) is 0 Å². The molecule has 1 N–H and O–H groups in total. The highest BCUT2D eigenvalue weighted by atomic mass is 16.5. The third kappa shape index (κ3) is 3.08. The van der Waals surface area contributed by atoms with Crippen molar-refractivity contribution in [3.05, 3.63) is 12.7 Å². The second-order valence-corrected chi connectivity index (χ2v) is 1.04. The minimum atomic E-state index is -0.492. The molecule has 0 atom stereocenters. The Kier molecular flexibility index (Phi) is 3.48. The van der Waals surface area contributed by atoms with Gasteiger partial charge in [0, 0.05) is 12.3 Å². The molecule has 3 heteroatoms. The molecule has 3 nitrogen and oxygen atoms in total. The van der Waals surface area contributed by atoms with Crippen LogP contribution in [0.2, 0.25) is 0 Å². The highest BCUT2D eigenvalue weighted by Gasteiger charge is 1.88. The summed E-state index contributed by atoms with van der Waals surface area (Å²) < 4.78 is 4.34. The average molecular weight is 113 g/mol. The topological polar surface area (TPSA) is 50.2 Å². The number of hydrogen-bond donors (Lipinski definition) is 1. The summed E-state index contributed by atoms with van der Waals surface area (Å²) in [5.41, 5.74) is 0. The summed E-state index contributed by atoms with van der Waals surface area (Å²) in [6, 6.07) is 0. The van der Waals surface area contributed by atoms with Gasteiger partial charge >= 0.3 is 5.97 Å². The SMILES string of the molecule is C=CC(=O)OCC=N. The fraction of sp³-hybridized carbons (Fsp3) is 0.200. The van der Waals surface area contributed by atoms with Gasteiger partial charge in [-0.1, -0.05) is 6.58 Å². The van der Waals surface area contributed by atoms with Crippen molar-refractivity contribution in [3.63, 3.8) is 0 Å². The van der Waals surface area contributed by atoms with E-state index in [4.69, 9.17) is 5.41 Å². The van der Waals surface area contributed by atoms with Gasteiger partial charge in [0.1, 0.15) is 6.61 Å².